The van der Waals surface area contributed by atoms with Gasteiger partial charge in [0.15, 0.2) is 41.3 Å². The molecule has 7 amide bonds. The van der Waals surface area contributed by atoms with Gasteiger partial charge in [0.05, 0.1) is 42.0 Å². The molecular formula is C101H132FN21O8S. The van der Waals surface area contributed by atoms with E-state index in [1.165, 1.54) is 101 Å². The Morgan fingerprint density at radius 1 is 0.515 bits per heavy atom. The van der Waals surface area contributed by atoms with Crippen LogP contribution in [0.4, 0.5) is 15.1 Å². The molecule has 10 aliphatic rings. The number of nitrogens with one attached hydrogen (secondary N) is 3. The van der Waals surface area contributed by atoms with Gasteiger partial charge in [-0.15, -0.1) is 11.3 Å². The number of guanidine groups is 5. The number of hydrogen-bond donors (Lipinski definition) is 8. The van der Waals surface area contributed by atoms with Gasteiger partial charge in [-0.3, -0.25) is 48.5 Å². The molecule has 8 heterocycles. The molecule has 6 aliphatic heterocycles. The highest BCUT2D eigenvalue weighted by Crippen LogP contribution is 2.47. The van der Waals surface area contributed by atoms with Crippen LogP contribution in [0.15, 0.2) is 164 Å². The summed E-state index contributed by atoms with van der Waals surface area (Å²) in [5, 5.41) is 20.7. The average Bonchev–Trinajstić information content (AvgIpc) is 1.42. The van der Waals surface area contributed by atoms with E-state index in [1.54, 1.807) is 107 Å². The third-order valence-corrected chi connectivity index (χ3v) is 29.2. The van der Waals surface area contributed by atoms with E-state index >= 15 is 0 Å². The summed E-state index contributed by atoms with van der Waals surface area (Å²) in [6.07, 6.45) is 32.2. The van der Waals surface area contributed by atoms with Gasteiger partial charge in [-0.25, -0.2) is 44.1 Å². The lowest BCUT2D eigenvalue weighted by molar-refractivity contribution is -0.132. The summed E-state index contributed by atoms with van der Waals surface area (Å²) in [5.41, 5.74) is 35.0. The van der Waals surface area contributed by atoms with E-state index in [2.05, 4.69) is 83.5 Å². The lowest BCUT2D eigenvalue weighted by Gasteiger charge is -2.35. The number of rotatable bonds is 21. The van der Waals surface area contributed by atoms with Gasteiger partial charge in [0.1, 0.15) is 22.4 Å². The Morgan fingerprint density at radius 3 is 1.55 bits per heavy atom. The number of aromatic nitrogens is 2. The van der Waals surface area contributed by atoms with Crippen molar-refractivity contribution >= 4 is 82.6 Å². The molecule has 0 radical (unpaired) electrons. The van der Waals surface area contributed by atoms with E-state index < -0.39 is 33.5 Å². The van der Waals surface area contributed by atoms with Gasteiger partial charge in [0, 0.05) is 76.7 Å². The second kappa shape index (κ2) is 42.9. The fourth-order valence-electron chi connectivity index (χ4n) is 20.1. The van der Waals surface area contributed by atoms with Gasteiger partial charge in [-0.05, 0) is 221 Å². The number of amides is 7. The Balaban J connectivity index is 0.000000141. The van der Waals surface area contributed by atoms with E-state index in [0.29, 0.717) is 76.9 Å². The molecule has 4 fully saturated rings. The minimum atomic E-state index is -0.858. The van der Waals surface area contributed by atoms with Crippen LogP contribution < -0.4 is 54.1 Å². The Hall–Kier alpha value is -12.3. The molecule has 29 nitrogen and oxygen atoms in total. The Labute approximate surface area is 779 Å². The molecule has 9 atom stereocenters. The summed E-state index contributed by atoms with van der Waals surface area (Å²) in [5.74, 6) is 5.44. The molecule has 17 rings (SSSR count). The number of carbonyl (C=O) groups excluding carboxylic acids is 6. The lowest BCUT2D eigenvalue weighted by atomic mass is 9.74. The van der Waals surface area contributed by atoms with Gasteiger partial charge in [0.25, 0.3) is 11.8 Å². The zero-order chi connectivity index (χ0) is 94.2. The van der Waals surface area contributed by atoms with Crippen molar-refractivity contribution in [3.63, 3.8) is 0 Å². The largest absolute Gasteiger partial charge is 0.454 e. The molecule has 13 N–H and O–H groups in total. The summed E-state index contributed by atoms with van der Waals surface area (Å²) < 4.78 is 25.2. The smallest absolute Gasteiger partial charge is 0.315 e. The lowest BCUT2D eigenvalue weighted by Crippen LogP contribution is -2.47. The highest BCUT2D eigenvalue weighted by atomic mass is 32.1. The normalized spacial score (nSPS) is 25.4. The van der Waals surface area contributed by atoms with Crippen LogP contribution in [0.25, 0.3) is 33.4 Å². The van der Waals surface area contributed by atoms with Crippen LogP contribution in [0.3, 0.4) is 0 Å². The summed E-state index contributed by atoms with van der Waals surface area (Å²) in [6.45, 7) is 10.8. The van der Waals surface area contributed by atoms with Gasteiger partial charge >= 0.3 is 6.03 Å². The first-order valence-electron chi connectivity index (χ1n) is 46.9. The van der Waals surface area contributed by atoms with Gasteiger partial charge in [0.2, 0.25) is 30.5 Å². The Kier molecular flexibility index (Phi) is 31.6. The Morgan fingerprint density at radius 2 is 1.01 bits per heavy atom. The molecule has 0 saturated heterocycles. The fraction of sp³-hybridized carbons (Fsp3) is 0.505. The molecule has 5 aromatic carbocycles. The first kappa shape index (κ1) is 97.2. The van der Waals surface area contributed by atoms with Crippen LogP contribution in [0.2, 0.25) is 0 Å². The molecule has 132 heavy (non-hydrogen) atoms. The monoisotopic (exact) mass is 1820 g/mol. The number of halogens is 1. The topological polar surface area (TPSA) is 415 Å². The first-order valence-corrected chi connectivity index (χ1v) is 47.7. The zero-order valence-corrected chi connectivity index (χ0v) is 79.0. The van der Waals surface area contributed by atoms with Crippen LogP contribution in [-0.2, 0) is 40.6 Å². The second-order valence-electron chi connectivity index (χ2n) is 38.0. The predicted molar refractivity (Wildman–Crippen MR) is 517 cm³/mol. The van der Waals surface area contributed by atoms with Crippen LogP contribution in [0.1, 0.15) is 235 Å². The number of aryl methyl sites for hydroxylation is 1. The van der Waals surface area contributed by atoms with Crippen molar-refractivity contribution in [2.24, 2.45) is 77.3 Å². The van der Waals surface area contributed by atoms with Crippen molar-refractivity contribution in [1.82, 2.24) is 45.1 Å². The highest BCUT2D eigenvalue weighted by Gasteiger charge is 2.51. The molecule has 4 aliphatic carbocycles. The van der Waals surface area contributed by atoms with Gasteiger partial charge in [-0.1, -0.05) is 169 Å². The SMILES string of the molecule is CCCNC(=O)N[C@@H]1CCC[C@H](C[C@@]2(CCC3CCCCC3)N=C(N)N(C)C2=O)C1.CN1C(=O)C[C@@](C)(c2ccc(F)c(-c3cccc(C#N)c3)c2)N=C1N.CN1C(=O)C[C@@](C)(c2cccc(-c3ccc4c(c3)OCO4)c2)N=C1N.CN1C(=O)[C@@](CCC2CCCCC2)(C[C@H]2CCC[C@@H](Nc3ncccn3)C2)N=C1N.Cc1cccc(-c2csc([C@]3(C)CC(=O)N(C)C(N)=N3)c2)c1. The molecule has 4 saturated carbocycles. The van der Waals surface area contributed by atoms with Crippen molar-refractivity contribution in [3.8, 4) is 50.9 Å². The first-order chi connectivity index (χ1) is 63.2. The third-order valence-electron chi connectivity index (χ3n) is 28.0. The van der Waals surface area contributed by atoms with Gasteiger partial charge < -0.3 is 54.1 Å². The van der Waals surface area contributed by atoms with E-state index in [1.807, 2.05) is 75.4 Å². The number of thiophene rings is 1. The number of nitrogens with two attached hydrogens (primary N) is 5. The summed E-state index contributed by atoms with van der Waals surface area (Å²) in [6, 6.07) is 40.1. The van der Waals surface area contributed by atoms with Crippen molar-refractivity contribution in [3.05, 3.63) is 172 Å². The number of nitriles is 1. The molecule has 7 aromatic rings. The second-order valence-corrected chi connectivity index (χ2v) is 38.9. The van der Waals surface area contributed by atoms with Crippen molar-refractivity contribution < 1.29 is 42.6 Å². The maximum Gasteiger partial charge on any atom is 0.315 e. The number of fused-ring (bicyclic) bond motifs is 1. The molecule has 0 spiro atoms. The number of nitrogens with zero attached hydrogens (tertiary/aromatic N) is 13. The fourth-order valence-corrected chi connectivity index (χ4v) is 21.1. The van der Waals surface area contributed by atoms with Crippen LogP contribution >= 0.6 is 11.3 Å². The average molecular weight is 1820 g/mol. The van der Waals surface area contributed by atoms with E-state index in [0.717, 1.165) is 141 Å². The number of aliphatic imine (C=N–C) groups is 5. The van der Waals surface area contributed by atoms with Crippen molar-refractivity contribution in [2.45, 2.75) is 254 Å². The van der Waals surface area contributed by atoms with E-state index in [4.69, 9.17) is 53.4 Å². The number of anilines is 1. The van der Waals surface area contributed by atoms with Crippen molar-refractivity contribution in [1.29, 1.82) is 5.26 Å². The minimum absolute atomic E-state index is 0.000468. The summed E-state index contributed by atoms with van der Waals surface area (Å²) in [7, 11) is 8.38. The molecule has 0 bridgehead atoms. The number of likely N-dealkylation sites (N-methyl/N-ethyl adjacent to an activating group) is 2. The number of urea groups is 1. The Bertz CT molecular complexity index is 5510. The zero-order valence-electron chi connectivity index (χ0n) is 78.2. The third kappa shape index (κ3) is 23.6. The molecule has 2 aromatic heterocycles. The maximum absolute atomic E-state index is 14.4. The highest BCUT2D eigenvalue weighted by molar-refractivity contribution is 7.10. The van der Waals surface area contributed by atoms with Crippen LogP contribution in [-0.4, -0.2) is 172 Å². The number of benzene rings is 5. The summed E-state index contributed by atoms with van der Waals surface area (Å²) in [4.78, 5) is 115. The quantitative estimate of drug-likeness (QED) is 0.0331. The molecule has 0 unspecified atom stereocenters. The van der Waals surface area contributed by atoms with Gasteiger partial charge in [-0.2, -0.15) is 5.26 Å². The maximum atomic E-state index is 14.4. The summed E-state index contributed by atoms with van der Waals surface area (Å²) >= 11 is 1.63. The van der Waals surface area contributed by atoms with E-state index in [9.17, 15) is 33.2 Å². The number of hydrogen-bond acceptors (Lipinski definition) is 23. The molecular weight excluding hydrogens is 1690 g/mol. The molecule has 31 heteroatoms. The number of ether oxygens (including phenoxy) is 2. The standard InChI is InChI=1S/C23H36N6O.C23H41N5O2.C19H17FN4O.C19H19N3O3.C17H19N3OS/c1-29-20(30)23(28-21(29)24,12-11-17-7-3-2-4-8-17)16-18-9-5-10-19(15-18)27-22-25-13-6-14-26-22;1-3-14-25-22(30)26-19-11-7-10-18(15-19)16-23(20(29)28(2)21(24)27-23)13-12-17-8-5-4-6-9-17;1-19(10-17(25)24(2)18(22)23-19)14-6-7-16(20)15(9-14)13-5-3-4-12(8-13)11-21;1-19(10-17(23)22(2)18(20)21-19)14-5-3-4-12(8-14)13-6-7-15-16(9-13)25-11-24-15;1-11-5-4-6-12(7-11)13-8-14(22-10-13)17(2)9-15(21)20(3)16(18)19-17/h6,13-14,17-19H,2-5,7-12,15-16H2,1H3,(H2,24,28)(H,25,26,27);17-19H,3-16H2,1-2H3,(H2,24,27)(H2,25,26,30);3-9H,10H2,1-2H3,(H2,22,23);3-9H,10-11H2,1-2H3,(H2,20,21);4-8,10H,9H2,1-3H3,(H2,18,19)/t2*18-,19+,23+;2*19-;17-/m00000/s1. The number of carbonyl (C=O) groups is 6. The van der Waals surface area contributed by atoms with Crippen LogP contribution in [0.5, 0.6) is 11.5 Å². The minimum Gasteiger partial charge on any atom is -0.454 e. The van der Waals surface area contributed by atoms with Crippen LogP contribution in [0, 0.1) is 47.7 Å². The molecule has 702 valence electrons. The predicted octanol–water partition coefficient (Wildman–Crippen LogP) is 15.6. The van der Waals surface area contributed by atoms with E-state index in [-0.39, 0.29) is 79.1 Å². The van der Waals surface area contributed by atoms with Crippen molar-refractivity contribution in [2.75, 3.05) is 53.9 Å².